The first-order valence-electron chi connectivity index (χ1n) is 5.05. The van der Waals surface area contributed by atoms with E-state index in [2.05, 4.69) is 0 Å². The molecule has 0 saturated heterocycles. The van der Waals surface area contributed by atoms with Crippen molar-refractivity contribution in [2.75, 3.05) is 13.7 Å². The minimum atomic E-state index is -3.44. The van der Waals surface area contributed by atoms with Crippen molar-refractivity contribution in [2.24, 2.45) is 0 Å². The Morgan fingerprint density at radius 1 is 1.44 bits per heavy atom. The van der Waals surface area contributed by atoms with Gasteiger partial charge in [0.1, 0.15) is 5.75 Å². The van der Waals surface area contributed by atoms with Gasteiger partial charge in [-0.05, 0) is 31.0 Å². The standard InChI is InChI=1S/C11H14O4S/c1-15-9-3-2-4-10(7-9)16(13,14)11(8-12)5-6-11/h2-4,7,12H,5-6,8H2,1H3. The van der Waals surface area contributed by atoms with Crippen molar-refractivity contribution in [3.8, 4) is 5.75 Å². The lowest BCUT2D eigenvalue weighted by atomic mass is 10.3. The summed E-state index contributed by atoms with van der Waals surface area (Å²) in [7, 11) is -1.95. The maximum absolute atomic E-state index is 12.2. The monoisotopic (exact) mass is 242 g/mol. The fraction of sp³-hybridized carbons (Fsp3) is 0.455. The van der Waals surface area contributed by atoms with Gasteiger partial charge in [0.2, 0.25) is 0 Å². The first kappa shape index (κ1) is 11.4. The van der Waals surface area contributed by atoms with E-state index in [1.807, 2.05) is 0 Å². The molecule has 1 aliphatic rings. The van der Waals surface area contributed by atoms with Gasteiger partial charge >= 0.3 is 0 Å². The van der Waals surface area contributed by atoms with Gasteiger partial charge in [-0.25, -0.2) is 8.42 Å². The number of hydrogen-bond donors (Lipinski definition) is 1. The number of rotatable bonds is 4. The molecular weight excluding hydrogens is 228 g/mol. The Labute approximate surface area is 94.8 Å². The van der Waals surface area contributed by atoms with E-state index in [-0.39, 0.29) is 11.5 Å². The van der Waals surface area contributed by atoms with E-state index in [1.165, 1.54) is 19.2 Å². The number of sulfone groups is 1. The maximum Gasteiger partial charge on any atom is 0.186 e. The average Bonchev–Trinajstić information content (AvgIpc) is 3.10. The lowest BCUT2D eigenvalue weighted by Gasteiger charge is -2.13. The summed E-state index contributed by atoms with van der Waals surface area (Å²) in [4.78, 5) is 0.221. The molecule has 5 heteroatoms. The highest BCUT2D eigenvalue weighted by molar-refractivity contribution is 7.93. The van der Waals surface area contributed by atoms with Crippen molar-refractivity contribution in [3.63, 3.8) is 0 Å². The van der Waals surface area contributed by atoms with Crippen LogP contribution in [0.25, 0.3) is 0 Å². The predicted octanol–water partition coefficient (Wildman–Crippen LogP) is 0.994. The molecule has 1 saturated carbocycles. The summed E-state index contributed by atoms with van der Waals surface area (Å²) in [5, 5.41) is 9.17. The minimum Gasteiger partial charge on any atom is -0.497 e. The second-order valence-electron chi connectivity index (χ2n) is 4.02. The molecule has 88 valence electrons. The van der Waals surface area contributed by atoms with E-state index >= 15 is 0 Å². The topological polar surface area (TPSA) is 63.6 Å². The highest BCUT2D eigenvalue weighted by Gasteiger charge is 2.54. The molecule has 1 aliphatic carbocycles. The van der Waals surface area contributed by atoms with Gasteiger partial charge in [-0.15, -0.1) is 0 Å². The third-order valence-corrected chi connectivity index (χ3v) is 5.57. The zero-order valence-electron chi connectivity index (χ0n) is 9.01. The van der Waals surface area contributed by atoms with Crippen LogP contribution in [0.2, 0.25) is 0 Å². The van der Waals surface area contributed by atoms with Crippen LogP contribution in [0, 0.1) is 0 Å². The Balaban J connectivity index is 2.44. The fourth-order valence-corrected chi connectivity index (χ4v) is 3.51. The van der Waals surface area contributed by atoms with Crippen LogP contribution in [0.5, 0.6) is 5.75 Å². The molecule has 0 radical (unpaired) electrons. The summed E-state index contributed by atoms with van der Waals surface area (Å²) in [6, 6.07) is 6.36. The van der Waals surface area contributed by atoms with Crippen LogP contribution in [0.4, 0.5) is 0 Å². The van der Waals surface area contributed by atoms with Gasteiger partial charge in [0.15, 0.2) is 9.84 Å². The van der Waals surface area contributed by atoms with Crippen molar-refractivity contribution < 1.29 is 18.3 Å². The summed E-state index contributed by atoms with van der Waals surface area (Å²) < 4.78 is 28.4. The SMILES string of the molecule is COc1cccc(S(=O)(=O)C2(CO)CC2)c1. The lowest BCUT2D eigenvalue weighted by Crippen LogP contribution is -2.27. The zero-order chi connectivity index (χ0) is 11.8. The van der Waals surface area contributed by atoms with E-state index in [4.69, 9.17) is 9.84 Å². The summed E-state index contributed by atoms with van der Waals surface area (Å²) in [5.41, 5.74) is 0. The molecule has 0 amide bonds. The van der Waals surface area contributed by atoms with Gasteiger partial charge in [0, 0.05) is 0 Å². The zero-order valence-corrected chi connectivity index (χ0v) is 9.83. The molecule has 1 aromatic carbocycles. The van der Waals surface area contributed by atoms with E-state index < -0.39 is 14.6 Å². The van der Waals surface area contributed by atoms with Crippen LogP contribution in [0.3, 0.4) is 0 Å². The number of aliphatic hydroxyl groups excluding tert-OH is 1. The number of aliphatic hydroxyl groups is 1. The van der Waals surface area contributed by atoms with E-state index in [9.17, 15) is 8.42 Å². The van der Waals surface area contributed by atoms with Gasteiger partial charge < -0.3 is 9.84 Å². The first-order valence-corrected chi connectivity index (χ1v) is 6.54. The van der Waals surface area contributed by atoms with Crippen molar-refractivity contribution in [3.05, 3.63) is 24.3 Å². The molecule has 0 atom stereocenters. The van der Waals surface area contributed by atoms with Crippen molar-refractivity contribution in [2.45, 2.75) is 22.5 Å². The van der Waals surface area contributed by atoms with Gasteiger partial charge in [0.05, 0.1) is 23.4 Å². The molecule has 1 aromatic rings. The molecule has 0 unspecified atom stereocenters. The Morgan fingerprint density at radius 3 is 2.62 bits per heavy atom. The van der Waals surface area contributed by atoms with Crippen molar-refractivity contribution in [1.82, 2.24) is 0 Å². The number of ether oxygens (including phenoxy) is 1. The number of benzene rings is 1. The molecule has 0 aromatic heterocycles. The van der Waals surface area contributed by atoms with Gasteiger partial charge in [-0.3, -0.25) is 0 Å². The molecule has 0 spiro atoms. The van der Waals surface area contributed by atoms with Gasteiger partial charge in [0.25, 0.3) is 0 Å². The van der Waals surface area contributed by atoms with E-state index in [0.717, 1.165) is 0 Å². The molecular formula is C11H14O4S. The molecule has 0 bridgehead atoms. The van der Waals surface area contributed by atoms with Crippen LogP contribution in [0.15, 0.2) is 29.2 Å². The maximum atomic E-state index is 12.2. The second kappa shape index (κ2) is 3.75. The first-order chi connectivity index (χ1) is 7.55. The summed E-state index contributed by atoms with van der Waals surface area (Å²) in [6.45, 7) is -0.313. The average molecular weight is 242 g/mol. The third-order valence-electron chi connectivity index (χ3n) is 3.02. The largest absolute Gasteiger partial charge is 0.497 e. The highest BCUT2D eigenvalue weighted by Crippen LogP contribution is 2.46. The Morgan fingerprint density at radius 2 is 2.12 bits per heavy atom. The van der Waals surface area contributed by atoms with Crippen LogP contribution in [-0.4, -0.2) is 32.0 Å². The van der Waals surface area contributed by atoms with E-state index in [1.54, 1.807) is 12.1 Å². The summed E-state index contributed by atoms with van der Waals surface area (Å²) in [6.07, 6.45) is 1.06. The molecule has 1 fully saturated rings. The van der Waals surface area contributed by atoms with Gasteiger partial charge in [-0.2, -0.15) is 0 Å². The minimum absolute atomic E-state index is 0.221. The molecule has 16 heavy (non-hydrogen) atoms. The molecule has 4 nitrogen and oxygen atoms in total. The van der Waals surface area contributed by atoms with Crippen molar-refractivity contribution >= 4 is 9.84 Å². The predicted molar refractivity (Wildman–Crippen MR) is 59.2 cm³/mol. The smallest absolute Gasteiger partial charge is 0.186 e. The van der Waals surface area contributed by atoms with Crippen molar-refractivity contribution in [1.29, 1.82) is 0 Å². The Hall–Kier alpha value is -1.07. The molecule has 2 rings (SSSR count). The Bertz CT molecular complexity index is 488. The molecule has 1 N–H and O–H groups in total. The molecule has 0 heterocycles. The highest BCUT2D eigenvalue weighted by atomic mass is 32.2. The Kier molecular flexibility index (Phi) is 2.67. The lowest BCUT2D eigenvalue weighted by molar-refractivity contribution is 0.283. The van der Waals surface area contributed by atoms with Crippen LogP contribution < -0.4 is 4.74 Å². The molecule has 0 aliphatic heterocycles. The fourth-order valence-electron chi connectivity index (χ4n) is 1.67. The third kappa shape index (κ3) is 1.60. The number of hydrogen-bond acceptors (Lipinski definition) is 4. The quantitative estimate of drug-likeness (QED) is 0.855. The van der Waals surface area contributed by atoms with Crippen LogP contribution in [-0.2, 0) is 9.84 Å². The number of methoxy groups -OCH3 is 1. The van der Waals surface area contributed by atoms with Gasteiger partial charge in [-0.1, -0.05) is 6.07 Å². The summed E-state index contributed by atoms with van der Waals surface area (Å²) >= 11 is 0. The van der Waals surface area contributed by atoms with E-state index in [0.29, 0.717) is 18.6 Å². The second-order valence-corrected chi connectivity index (χ2v) is 6.37. The summed E-state index contributed by atoms with van der Waals surface area (Å²) in [5.74, 6) is 0.509. The normalized spacial score (nSPS) is 18.1. The van der Waals surface area contributed by atoms with Crippen LogP contribution >= 0.6 is 0 Å². The van der Waals surface area contributed by atoms with Crippen LogP contribution in [0.1, 0.15) is 12.8 Å².